The zero-order chi connectivity index (χ0) is 29.8. The van der Waals surface area contributed by atoms with Gasteiger partial charge in [-0.1, -0.05) is 24.3 Å². The van der Waals surface area contributed by atoms with Crippen LogP contribution in [0.3, 0.4) is 0 Å². The highest BCUT2D eigenvalue weighted by Crippen LogP contribution is 2.32. The summed E-state index contributed by atoms with van der Waals surface area (Å²) in [6, 6.07) is 12.7. The van der Waals surface area contributed by atoms with E-state index in [1.54, 1.807) is 12.1 Å². The molecule has 0 bridgehead atoms. The minimum atomic E-state index is -4.28. The summed E-state index contributed by atoms with van der Waals surface area (Å²) in [5.74, 6) is 11.9. The number of fused-ring (bicyclic) bond motifs is 1. The molecule has 1 aliphatic rings. The molecule has 13 heteroatoms. The summed E-state index contributed by atoms with van der Waals surface area (Å²) in [6.45, 7) is 4.59. The third-order valence-corrected chi connectivity index (χ3v) is 7.11. The normalized spacial score (nSPS) is 13.3. The molecule has 12 nitrogen and oxygen atoms in total. The standard InChI is InChI=1S/C21H26N6O2.C7H6O4S/c1-2-4-17-15-5-3-6-18(26-22)16(15)8-9-19(17)29-12-11-24-21(28)14-7-10-20(27-23)25-13-14;8-5-6-3-1-2-4-7(6)12(9,10)11/h2,7-10,13H,1,3-6,11-12,22-23H2,(H,24,28)(H,25,27);1-5H,(H,9,10,11). The Bertz CT molecular complexity index is 1520. The van der Waals surface area contributed by atoms with Crippen LogP contribution in [0, 0.1) is 0 Å². The predicted octanol–water partition coefficient (Wildman–Crippen LogP) is 2.65. The fraction of sp³-hybridized carbons (Fsp3) is 0.214. The second-order valence-corrected chi connectivity index (χ2v) is 10.2. The minimum Gasteiger partial charge on any atom is -0.491 e. The van der Waals surface area contributed by atoms with Crippen molar-refractivity contribution in [1.82, 2.24) is 10.3 Å². The van der Waals surface area contributed by atoms with Gasteiger partial charge in [0.15, 0.2) is 6.29 Å². The number of hydrogen-bond donors (Lipinski definition) is 5. The van der Waals surface area contributed by atoms with Crippen LogP contribution in [-0.2, 0) is 23.0 Å². The summed E-state index contributed by atoms with van der Waals surface area (Å²) in [4.78, 5) is 26.2. The third-order valence-electron chi connectivity index (χ3n) is 6.19. The first-order valence-corrected chi connectivity index (χ1v) is 14.1. The molecule has 0 radical (unpaired) electrons. The van der Waals surface area contributed by atoms with Crippen molar-refractivity contribution in [2.24, 2.45) is 16.8 Å². The van der Waals surface area contributed by atoms with E-state index in [1.165, 1.54) is 36.0 Å². The Morgan fingerprint density at radius 1 is 1.17 bits per heavy atom. The largest absolute Gasteiger partial charge is 0.491 e. The van der Waals surface area contributed by atoms with Crippen LogP contribution < -0.4 is 27.2 Å². The van der Waals surface area contributed by atoms with Crippen molar-refractivity contribution in [3.8, 4) is 5.75 Å². The number of pyridine rings is 1. The van der Waals surface area contributed by atoms with Gasteiger partial charge in [0.05, 0.1) is 17.8 Å². The maximum Gasteiger partial charge on any atom is 0.295 e. The lowest BCUT2D eigenvalue weighted by molar-refractivity contribution is 0.0946. The number of aldehydes is 1. The van der Waals surface area contributed by atoms with Crippen LogP contribution in [-0.4, -0.2) is 49.0 Å². The number of rotatable bonds is 10. The van der Waals surface area contributed by atoms with E-state index >= 15 is 0 Å². The monoisotopic (exact) mass is 580 g/mol. The summed E-state index contributed by atoms with van der Waals surface area (Å²) in [5.41, 5.74) is 7.20. The third kappa shape index (κ3) is 8.20. The number of nitrogen functional groups attached to an aromatic ring is 1. The number of anilines is 1. The zero-order valence-electron chi connectivity index (χ0n) is 22.2. The molecule has 1 aromatic heterocycles. The van der Waals surface area contributed by atoms with E-state index in [4.69, 9.17) is 21.0 Å². The molecule has 216 valence electrons. The van der Waals surface area contributed by atoms with Crippen molar-refractivity contribution in [1.29, 1.82) is 0 Å². The first-order valence-electron chi connectivity index (χ1n) is 12.6. The number of carbonyl (C=O) groups is 2. The molecule has 1 amide bonds. The molecule has 7 N–H and O–H groups in total. The van der Waals surface area contributed by atoms with Gasteiger partial charge in [0.25, 0.3) is 16.0 Å². The summed E-state index contributed by atoms with van der Waals surface area (Å²) in [6.07, 6.45) is 7.28. The lowest BCUT2D eigenvalue weighted by Gasteiger charge is -2.23. The fourth-order valence-electron chi connectivity index (χ4n) is 4.29. The first kappa shape index (κ1) is 30.9. The summed E-state index contributed by atoms with van der Waals surface area (Å²) < 4.78 is 35.8. The second kappa shape index (κ2) is 14.7. The second-order valence-electron chi connectivity index (χ2n) is 8.80. The summed E-state index contributed by atoms with van der Waals surface area (Å²) in [5, 5.41) is 6.77. The highest BCUT2D eigenvalue weighted by molar-refractivity contribution is 7.86. The molecule has 1 aliphatic carbocycles. The Balaban J connectivity index is 0.000000322. The van der Waals surface area contributed by atoms with E-state index in [-0.39, 0.29) is 16.4 Å². The fourth-order valence-corrected chi connectivity index (χ4v) is 4.95. The van der Waals surface area contributed by atoms with Crippen LogP contribution in [0.15, 0.2) is 77.4 Å². The molecule has 0 saturated heterocycles. The van der Waals surface area contributed by atoms with Gasteiger partial charge in [-0.2, -0.15) is 13.5 Å². The van der Waals surface area contributed by atoms with Crippen LogP contribution in [0.25, 0.3) is 0 Å². The van der Waals surface area contributed by atoms with Crippen molar-refractivity contribution in [3.63, 3.8) is 0 Å². The Labute approximate surface area is 238 Å². The number of hydrogen-bond acceptors (Lipinski definition) is 10. The van der Waals surface area contributed by atoms with Crippen LogP contribution >= 0.6 is 0 Å². The topological polar surface area (TPSA) is 199 Å². The molecular weight excluding hydrogens is 548 g/mol. The highest BCUT2D eigenvalue weighted by Gasteiger charge is 2.21. The van der Waals surface area contributed by atoms with Gasteiger partial charge in [-0.05, 0) is 61.6 Å². The molecule has 2 aromatic carbocycles. The van der Waals surface area contributed by atoms with E-state index in [1.807, 2.05) is 18.2 Å². The van der Waals surface area contributed by atoms with Crippen LogP contribution in [0.2, 0.25) is 0 Å². The summed E-state index contributed by atoms with van der Waals surface area (Å²) >= 11 is 0. The molecule has 0 spiro atoms. The van der Waals surface area contributed by atoms with Crippen molar-refractivity contribution >= 4 is 33.8 Å². The minimum absolute atomic E-state index is 0.0417. The van der Waals surface area contributed by atoms with Gasteiger partial charge in [-0.15, -0.1) is 6.58 Å². The van der Waals surface area contributed by atoms with E-state index in [2.05, 4.69) is 27.4 Å². The quantitative estimate of drug-likeness (QED) is 0.0593. The highest BCUT2D eigenvalue weighted by atomic mass is 32.2. The Hall–Kier alpha value is -4.59. The van der Waals surface area contributed by atoms with Gasteiger partial charge >= 0.3 is 0 Å². The van der Waals surface area contributed by atoms with Crippen molar-refractivity contribution in [3.05, 3.63) is 95.2 Å². The molecule has 0 unspecified atom stereocenters. The average Bonchev–Trinajstić information content (AvgIpc) is 2.99. The number of carbonyl (C=O) groups excluding carboxylic acids is 2. The lowest BCUT2D eigenvalue weighted by Crippen LogP contribution is -2.28. The molecule has 0 atom stereocenters. The van der Waals surface area contributed by atoms with Crippen molar-refractivity contribution in [2.75, 3.05) is 18.6 Å². The maximum atomic E-state index is 12.2. The number of aromatic nitrogens is 1. The van der Waals surface area contributed by atoms with E-state index < -0.39 is 10.1 Å². The molecule has 0 saturated carbocycles. The molecular formula is C28H32N6O6S. The molecule has 41 heavy (non-hydrogen) atoms. The van der Waals surface area contributed by atoms with Gasteiger partial charge in [-0.3, -0.25) is 14.1 Å². The summed E-state index contributed by atoms with van der Waals surface area (Å²) in [7, 11) is -4.28. The van der Waals surface area contributed by atoms with Gasteiger partial charge in [-0.25, -0.2) is 10.8 Å². The number of benzene rings is 2. The van der Waals surface area contributed by atoms with Gasteiger partial charge in [0, 0.05) is 22.9 Å². The van der Waals surface area contributed by atoms with Crippen LogP contribution in [0.1, 0.15) is 50.2 Å². The number of nitrogens with zero attached hydrogens (tertiary/aromatic N) is 2. The van der Waals surface area contributed by atoms with Gasteiger partial charge in [0.1, 0.15) is 23.1 Å². The number of amides is 1. The Kier molecular flexibility index (Phi) is 11.1. The molecule has 3 aromatic rings. The first-order chi connectivity index (χ1) is 19.7. The number of hydrazone groups is 1. The lowest BCUT2D eigenvalue weighted by atomic mass is 9.85. The van der Waals surface area contributed by atoms with E-state index in [9.17, 15) is 18.0 Å². The van der Waals surface area contributed by atoms with Crippen molar-refractivity contribution in [2.45, 2.75) is 30.6 Å². The Morgan fingerprint density at radius 3 is 2.56 bits per heavy atom. The Morgan fingerprint density at radius 2 is 1.95 bits per heavy atom. The molecule has 4 rings (SSSR count). The van der Waals surface area contributed by atoms with Gasteiger partial charge < -0.3 is 21.3 Å². The van der Waals surface area contributed by atoms with E-state index in [0.717, 1.165) is 41.9 Å². The molecule has 1 heterocycles. The predicted molar refractivity (Wildman–Crippen MR) is 156 cm³/mol. The van der Waals surface area contributed by atoms with Crippen LogP contribution in [0.4, 0.5) is 5.82 Å². The number of ether oxygens (including phenoxy) is 1. The number of nitrogens with two attached hydrogens (primary N) is 2. The number of hydrazine groups is 1. The zero-order valence-corrected chi connectivity index (χ0v) is 23.1. The van der Waals surface area contributed by atoms with Crippen LogP contribution in [0.5, 0.6) is 5.75 Å². The smallest absolute Gasteiger partial charge is 0.295 e. The SMILES string of the molecule is C=CCc1c(OCCNC(=O)c2ccc(NN)nc2)ccc2c1CCCC2=NN.O=Cc1ccccc1S(=O)(=O)O. The number of allylic oxidation sites excluding steroid dienone is 1. The average molecular weight is 581 g/mol. The van der Waals surface area contributed by atoms with Gasteiger partial charge in [0.2, 0.25) is 0 Å². The van der Waals surface area contributed by atoms with E-state index in [0.29, 0.717) is 37.2 Å². The van der Waals surface area contributed by atoms with Crippen molar-refractivity contribution < 1.29 is 27.3 Å². The number of nitrogens with one attached hydrogen (secondary N) is 2. The maximum absolute atomic E-state index is 12.2. The molecule has 0 fully saturated rings. The molecule has 0 aliphatic heterocycles.